The molecule has 0 aliphatic rings. The van der Waals surface area contributed by atoms with Crippen molar-refractivity contribution in [1.29, 1.82) is 0 Å². The van der Waals surface area contributed by atoms with Crippen molar-refractivity contribution < 1.29 is 17.9 Å². The lowest BCUT2D eigenvalue weighted by atomic mass is 10.2. The molecule has 0 bridgehead atoms. The molecule has 0 saturated heterocycles. The number of rotatable bonds is 7. The van der Waals surface area contributed by atoms with E-state index in [4.69, 9.17) is 15.9 Å². The van der Waals surface area contributed by atoms with Crippen LogP contribution >= 0.6 is 0 Å². The van der Waals surface area contributed by atoms with Crippen molar-refractivity contribution in [2.24, 2.45) is 0 Å². The molecule has 5 nitrogen and oxygen atoms in total. The first-order chi connectivity index (χ1) is 8.10. The first-order valence-electron chi connectivity index (χ1n) is 5.23. The Morgan fingerprint density at radius 1 is 1.41 bits per heavy atom. The van der Waals surface area contributed by atoms with Crippen LogP contribution in [0.5, 0.6) is 0 Å². The number of sulfonamides is 1. The fraction of sp³-hybridized carbons (Fsp3) is 0.455. The van der Waals surface area contributed by atoms with Crippen molar-refractivity contribution in [1.82, 2.24) is 4.72 Å². The fourth-order valence-electron chi connectivity index (χ4n) is 1.22. The number of aliphatic hydroxyl groups excluding tert-OH is 1. The highest BCUT2D eigenvalue weighted by Crippen LogP contribution is 2.13. The Bertz CT molecular complexity index is 484. The normalized spacial score (nSPS) is 11.3. The maximum atomic E-state index is 11.7. The molecule has 0 spiro atoms. The minimum absolute atomic E-state index is 0.182. The van der Waals surface area contributed by atoms with E-state index >= 15 is 0 Å². The molecule has 2 N–H and O–H groups in total. The molecule has 0 aliphatic heterocycles. The third kappa shape index (κ3) is 4.23. The van der Waals surface area contributed by atoms with Gasteiger partial charge < -0.3 is 9.52 Å². The molecule has 0 aliphatic carbocycles. The Balaban J connectivity index is 2.49. The number of hydrogen-bond acceptors (Lipinski definition) is 4. The molecule has 0 saturated carbocycles. The van der Waals surface area contributed by atoms with Gasteiger partial charge in [-0.3, -0.25) is 0 Å². The van der Waals surface area contributed by atoms with Gasteiger partial charge in [-0.2, -0.15) is 0 Å². The summed E-state index contributed by atoms with van der Waals surface area (Å²) in [5.74, 6) is 2.70. The Labute approximate surface area is 101 Å². The molecule has 17 heavy (non-hydrogen) atoms. The lowest BCUT2D eigenvalue weighted by Gasteiger charge is -2.02. The SMILES string of the molecule is C#CCCCCNS(=O)(=O)c1ccc(CO)o1. The van der Waals surface area contributed by atoms with Crippen LogP contribution in [-0.4, -0.2) is 20.1 Å². The van der Waals surface area contributed by atoms with Crippen molar-refractivity contribution in [3.8, 4) is 12.3 Å². The summed E-state index contributed by atoms with van der Waals surface area (Å²) in [6.45, 7) is -0.00311. The molecule has 6 heteroatoms. The Morgan fingerprint density at radius 3 is 2.76 bits per heavy atom. The zero-order chi connectivity index (χ0) is 12.7. The average Bonchev–Trinajstić information content (AvgIpc) is 2.78. The molecule has 0 aromatic carbocycles. The summed E-state index contributed by atoms with van der Waals surface area (Å²) >= 11 is 0. The van der Waals surface area contributed by atoms with E-state index in [1.807, 2.05) is 0 Å². The van der Waals surface area contributed by atoms with Gasteiger partial charge in [-0.05, 0) is 25.0 Å². The first-order valence-corrected chi connectivity index (χ1v) is 6.71. The predicted molar refractivity (Wildman–Crippen MR) is 62.5 cm³/mol. The summed E-state index contributed by atoms with van der Waals surface area (Å²) in [4.78, 5) is 0. The van der Waals surface area contributed by atoms with E-state index in [1.165, 1.54) is 12.1 Å². The largest absolute Gasteiger partial charge is 0.446 e. The summed E-state index contributed by atoms with van der Waals surface area (Å²) in [7, 11) is -3.62. The van der Waals surface area contributed by atoms with Crippen LogP contribution in [0, 0.1) is 12.3 Å². The minimum Gasteiger partial charge on any atom is -0.446 e. The molecule has 94 valence electrons. The number of nitrogens with one attached hydrogen (secondary N) is 1. The van der Waals surface area contributed by atoms with Crippen molar-refractivity contribution in [3.63, 3.8) is 0 Å². The Morgan fingerprint density at radius 2 is 2.18 bits per heavy atom. The number of aliphatic hydroxyl groups is 1. The van der Waals surface area contributed by atoms with Crippen LogP contribution in [0.1, 0.15) is 25.0 Å². The molecule has 0 unspecified atom stereocenters. The lowest BCUT2D eigenvalue weighted by molar-refractivity contribution is 0.236. The highest BCUT2D eigenvalue weighted by Gasteiger charge is 2.17. The van der Waals surface area contributed by atoms with Crippen molar-refractivity contribution in [2.45, 2.75) is 31.0 Å². The number of hydrogen-bond donors (Lipinski definition) is 2. The summed E-state index contributed by atoms with van der Waals surface area (Å²) in [5.41, 5.74) is 0. The van der Waals surface area contributed by atoms with Gasteiger partial charge in [0.05, 0.1) is 0 Å². The maximum absolute atomic E-state index is 11.7. The number of furan rings is 1. The topological polar surface area (TPSA) is 79.5 Å². The first kappa shape index (κ1) is 13.8. The average molecular weight is 257 g/mol. The molecule has 0 radical (unpaired) electrons. The van der Waals surface area contributed by atoms with Crippen molar-refractivity contribution >= 4 is 10.0 Å². The van der Waals surface area contributed by atoms with E-state index in [0.717, 1.165) is 6.42 Å². The summed E-state index contributed by atoms with van der Waals surface area (Å²) in [6.07, 6.45) is 7.17. The van der Waals surface area contributed by atoms with E-state index in [9.17, 15) is 8.42 Å². The molecular weight excluding hydrogens is 242 g/mol. The third-order valence-corrected chi connectivity index (χ3v) is 3.43. The molecule has 0 atom stereocenters. The van der Waals surface area contributed by atoms with Gasteiger partial charge in [0.1, 0.15) is 12.4 Å². The number of unbranched alkanes of at least 4 members (excludes halogenated alkanes) is 2. The Hall–Kier alpha value is -1.29. The second kappa shape index (κ2) is 6.45. The van der Waals surface area contributed by atoms with Gasteiger partial charge in [-0.15, -0.1) is 12.3 Å². The van der Waals surface area contributed by atoms with E-state index in [-0.39, 0.29) is 17.5 Å². The lowest BCUT2D eigenvalue weighted by Crippen LogP contribution is -2.24. The van der Waals surface area contributed by atoms with E-state index in [0.29, 0.717) is 19.4 Å². The van der Waals surface area contributed by atoms with Crippen molar-refractivity contribution in [2.75, 3.05) is 6.54 Å². The summed E-state index contributed by atoms with van der Waals surface area (Å²) in [5, 5.41) is 8.58. The van der Waals surface area contributed by atoms with Gasteiger partial charge >= 0.3 is 0 Å². The van der Waals surface area contributed by atoms with Crippen LogP contribution in [0.25, 0.3) is 0 Å². The van der Waals surface area contributed by atoms with Crippen LogP contribution in [0.4, 0.5) is 0 Å². The molecule has 0 amide bonds. The summed E-state index contributed by atoms with van der Waals surface area (Å²) < 4.78 is 30.7. The zero-order valence-electron chi connectivity index (χ0n) is 9.35. The predicted octanol–water partition coefficient (Wildman–Crippen LogP) is 0.854. The Kier molecular flexibility index (Phi) is 5.22. The maximum Gasteiger partial charge on any atom is 0.273 e. The van der Waals surface area contributed by atoms with Crippen molar-refractivity contribution in [3.05, 3.63) is 17.9 Å². The molecule has 0 fully saturated rings. The van der Waals surface area contributed by atoms with Crippen LogP contribution in [0.15, 0.2) is 21.6 Å². The van der Waals surface area contributed by atoms with Gasteiger partial charge in [0.2, 0.25) is 5.09 Å². The molecule has 1 heterocycles. The van der Waals surface area contributed by atoms with Gasteiger partial charge in [0.25, 0.3) is 10.0 Å². The van der Waals surface area contributed by atoms with E-state index in [1.54, 1.807) is 0 Å². The molecule has 1 rings (SSSR count). The van der Waals surface area contributed by atoms with Crippen LogP contribution in [-0.2, 0) is 16.6 Å². The highest BCUT2D eigenvalue weighted by molar-refractivity contribution is 7.89. The van der Waals surface area contributed by atoms with Gasteiger partial charge in [-0.1, -0.05) is 0 Å². The van der Waals surface area contributed by atoms with Gasteiger partial charge in [-0.25, -0.2) is 13.1 Å². The monoisotopic (exact) mass is 257 g/mol. The van der Waals surface area contributed by atoms with Gasteiger partial charge in [0, 0.05) is 13.0 Å². The second-order valence-electron chi connectivity index (χ2n) is 3.44. The third-order valence-electron chi connectivity index (χ3n) is 2.10. The van der Waals surface area contributed by atoms with Crippen LogP contribution in [0.3, 0.4) is 0 Å². The highest BCUT2D eigenvalue weighted by atomic mass is 32.2. The quantitative estimate of drug-likeness (QED) is 0.560. The molecule has 1 aromatic rings. The fourth-order valence-corrected chi connectivity index (χ4v) is 2.24. The van der Waals surface area contributed by atoms with Gasteiger partial charge in [0.15, 0.2) is 0 Å². The van der Waals surface area contributed by atoms with E-state index < -0.39 is 10.0 Å². The molecular formula is C11H15NO4S. The number of terminal acetylenes is 1. The molecule has 1 aromatic heterocycles. The smallest absolute Gasteiger partial charge is 0.273 e. The summed E-state index contributed by atoms with van der Waals surface area (Å²) in [6, 6.07) is 2.74. The minimum atomic E-state index is -3.62. The standard InChI is InChI=1S/C11H15NO4S/c1-2-3-4-5-8-12-17(14,15)11-7-6-10(9-13)16-11/h1,6-7,12-13H,3-5,8-9H2. The van der Waals surface area contributed by atoms with E-state index in [2.05, 4.69) is 10.6 Å². The second-order valence-corrected chi connectivity index (χ2v) is 5.14. The van der Waals surface area contributed by atoms with Crippen LogP contribution < -0.4 is 4.72 Å². The zero-order valence-corrected chi connectivity index (χ0v) is 10.2. The van der Waals surface area contributed by atoms with Crippen LogP contribution in [0.2, 0.25) is 0 Å².